The maximum atomic E-state index is 12.4. The topological polar surface area (TPSA) is 69.0 Å². The minimum atomic E-state index is -0.214. The van der Waals surface area contributed by atoms with Crippen LogP contribution in [-0.4, -0.2) is 33.9 Å². The SMILES string of the molecule is O=C(Nc1cnn(CC2CCOCC2)c1)c1csc(-c2ccccc2)n1. The van der Waals surface area contributed by atoms with E-state index in [-0.39, 0.29) is 5.91 Å². The van der Waals surface area contributed by atoms with E-state index in [9.17, 15) is 4.79 Å². The van der Waals surface area contributed by atoms with Crippen LogP contribution in [0.4, 0.5) is 5.69 Å². The Morgan fingerprint density at radius 3 is 2.88 bits per heavy atom. The van der Waals surface area contributed by atoms with Gasteiger partial charge in [0.05, 0.1) is 11.9 Å². The van der Waals surface area contributed by atoms with Crippen molar-refractivity contribution < 1.29 is 9.53 Å². The summed E-state index contributed by atoms with van der Waals surface area (Å²) in [6.45, 7) is 2.50. The molecule has 1 fully saturated rings. The van der Waals surface area contributed by atoms with Crippen molar-refractivity contribution in [2.24, 2.45) is 5.92 Å². The summed E-state index contributed by atoms with van der Waals surface area (Å²) in [7, 11) is 0. The molecular weight excluding hydrogens is 348 g/mol. The molecule has 0 radical (unpaired) electrons. The number of nitrogens with one attached hydrogen (secondary N) is 1. The van der Waals surface area contributed by atoms with Gasteiger partial charge in [-0.15, -0.1) is 11.3 Å². The molecule has 1 aliphatic heterocycles. The third-order valence-corrected chi connectivity index (χ3v) is 5.33. The first kappa shape index (κ1) is 16.9. The van der Waals surface area contributed by atoms with E-state index in [4.69, 9.17) is 4.74 Å². The summed E-state index contributed by atoms with van der Waals surface area (Å²) in [6.07, 6.45) is 5.67. The number of anilines is 1. The molecule has 1 N–H and O–H groups in total. The van der Waals surface area contributed by atoms with Crippen LogP contribution < -0.4 is 5.32 Å². The number of carbonyl (C=O) groups is 1. The summed E-state index contributed by atoms with van der Waals surface area (Å²) >= 11 is 1.47. The predicted octanol–water partition coefficient (Wildman–Crippen LogP) is 3.69. The molecule has 2 aromatic heterocycles. The van der Waals surface area contributed by atoms with Gasteiger partial charge in [-0.25, -0.2) is 4.98 Å². The lowest BCUT2D eigenvalue weighted by Gasteiger charge is -2.21. The van der Waals surface area contributed by atoms with Crippen LogP contribution in [0.1, 0.15) is 23.3 Å². The first-order valence-corrected chi connectivity index (χ1v) is 9.58. The highest BCUT2D eigenvalue weighted by Gasteiger charge is 2.16. The first-order chi connectivity index (χ1) is 12.8. The fourth-order valence-corrected chi connectivity index (χ4v) is 3.81. The van der Waals surface area contributed by atoms with E-state index in [1.54, 1.807) is 11.6 Å². The molecule has 1 aromatic carbocycles. The van der Waals surface area contributed by atoms with Gasteiger partial charge in [-0.2, -0.15) is 5.10 Å². The number of aromatic nitrogens is 3. The normalized spacial score (nSPS) is 15.1. The average Bonchev–Trinajstić information content (AvgIpc) is 3.33. The van der Waals surface area contributed by atoms with Crippen LogP contribution in [0.25, 0.3) is 10.6 Å². The van der Waals surface area contributed by atoms with E-state index >= 15 is 0 Å². The van der Waals surface area contributed by atoms with Crippen molar-refractivity contribution in [3.05, 3.63) is 53.8 Å². The predicted molar refractivity (Wildman–Crippen MR) is 101 cm³/mol. The molecule has 26 heavy (non-hydrogen) atoms. The van der Waals surface area contributed by atoms with Crippen molar-refractivity contribution in [1.29, 1.82) is 0 Å². The quantitative estimate of drug-likeness (QED) is 0.746. The highest BCUT2D eigenvalue weighted by molar-refractivity contribution is 7.13. The monoisotopic (exact) mass is 368 g/mol. The number of nitrogens with zero attached hydrogens (tertiary/aromatic N) is 3. The zero-order valence-electron chi connectivity index (χ0n) is 14.3. The summed E-state index contributed by atoms with van der Waals surface area (Å²) in [4.78, 5) is 16.9. The Bertz CT molecular complexity index is 869. The van der Waals surface area contributed by atoms with Gasteiger partial charge in [0.25, 0.3) is 5.91 Å². The van der Waals surface area contributed by atoms with Gasteiger partial charge in [0.1, 0.15) is 10.7 Å². The molecule has 0 aliphatic carbocycles. The number of carbonyl (C=O) groups excluding carboxylic acids is 1. The van der Waals surface area contributed by atoms with E-state index in [2.05, 4.69) is 15.4 Å². The van der Waals surface area contributed by atoms with Gasteiger partial charge in [-0.3, -0.25) is 9.48 Å². The first-order valence-electron chi connectivity index (χ1n) is 8.70. The second-order valence-corrected chi connectivity index (χ2v) is 7.22. The van der Waals surface area contributed by atoms with Gasteiger partial charge < -0.3 is 10.1 Å². The standard InChI is InChI=1S/C19H20N4O2S/c24-18(17-13-26-19(22-17)15-4-2-1-3-5-15)21-16-10-20-23(12-16)11-14-6-8-25-9-7-14/h1-5,10,12-14H,6-9,11H2,(H,21,24). The molecule has 4 rings (SSSR count). The van der Waals surface area contributed by atoms with Gasteiger partial charge in [0, 0.05) is 36.9 Å². The summed E-state index contributed by atoms with van der Waals surface area (Å²) in [5, 5.41) is 9.85. The van der Waals surface area contributed by atoms with Crippen molar-refractivity contribution in [1.82, 2.24) is 14.8 Å². The molecule has 0 atom stereocenters. The van der Waals surface area contributed by atoms with Crippen molar-refractivity contribution in [2.75, 3.05) is 18.5 Å². The largest absolute Gasteiger partial charge is 0.381 e. The van der Waals surface area contributed by atoms with Gasteiger partial charge in [0.2, 0.25) is 0 Å². The maximum absolute atomic E-state index is 12.4. The second-order valence-electron chi connectivity index (χ2n) is 6.36. The van der Waals surface area contributed by atoms with Gasteiger partial charge in [-0.1, -0.05) is 30.3 Å². The van der Waals surface area contributed by atoms with E-state index in [0.717, 1.165) is 43.2 Å². The number of thiazole rings is 1. The lowest BCUT2D eigenvalue weighted by molar-refractivity contribution is 0.0601. The molecular formula is C19H20N4O2S. The Morgan fingerprint density at radius 1 is 1.27 bits per heavy atom. The smallest absolute Gasteiger partial charge is 0.275 e. The number of ether oxygens (including phenoxy) is 1. The number of benzene rings is 1. The highest BCUT2D eigenvalue weighted by atomic mass is 32.1. The zero-order chi connectivity index (χ0) is 17.8. The second kappa shape index (κ2) is 7.80. The Kier molecular flexibility index (Phi) is 5.08. The molecule has 0 unspecified atom stereocenters. The Hall–Kier alpha value is -2.51. The van der Waals surface area contributed by atoms with Crippen molar-refractivity contribution in [2.45, 2.75) is 19.4 Å². The molecule has 0 saturated carbocycles. The number of hydrogen-bond donors (Lipinski definition) is 1. The van der Waals surface area contributed by atoms with E-state index in [0.29, 0.717) is 17.3 Å². The summed E-state index contributed by atoms with van der Waals surface area (Å²) in [5.41, 5.74) is 2.13. The van der Waals surface area contributed by atoms with E-state index in [1.807, 2.05) is 41.2 Å². The van der Waals surface area contributed by atoms with E-state index < -0.39 is 0 Å². The van der Waals surface area contributed by atoms with Crippen LogP contribution >= 0.6 is 11.3 Å². The zero-order valence-corrected chi connectivity index (χ0v) is 15.1. The molecule has 1 saturated heterocycles. The number of amides is 1. The maximum Gasteiger partial charge on any atom is 0.275 e. The van der Waals surface area contributed by atoms with Crippen molar-refractivity contribution in [3.8, 4) is 10.6 Å². The van der Waals surface area contributed by atoms with E-state index in [1.165, 1.54) is 11.3 Å². The van der Waals surface area contributed by atoms with Crippen molar-refractivity contribution in [3.63, 3.8) is 0 Å². The Morgan fingerprint density at radius 2 is 2.08 bits per heavy atom. The molecule has 134 valence electrons. The van der Waals surface area contributed by atoms with Crippen LogP contribution in [-0.2, 0) is 11.3 Å². The molecule has 1 aliphatic rings. The van der Waals surface area contributed by atoms with Gasteiger partial charge in [-0.05, 0) is 18.8 Å². The number of rotatable bonds is 5. The van der Waals surface area contributed by atoms with Crippen molar-refractivity contribution >= 4 is 22.9 Å². The fourth-order valence-electron chi connectivity index (χ4n) is 3.01. The average molecular weight is 368 g/mol. The third kappa shape index (κ3) is 4.00. The molecule has 0 spiro atoms. The minimum absolute atomic E-state index is 0.214. The molecule has 7 heteroatoms. The number of hydrogen-bond acceptors (Lipinski definition) is 5. The summed E-state index contributed by atoms with van der Waals surface area (Å²) < 4.78 is 7.28. The van der Waals surface area contributed by atoms with Crippen LogP contribution in [0.2, 0.25) is 0 Å². The van der Waals surface area contributed by atoms with Crippen LogP contribution in [0.3, 0.4) is 0 Å². The van der Waals surface area contributed by atoms with Crippen LogP contribution in [0.5, 0.6) is 0 Å². The minimum Gasteiger partial charge on any atom is -0.381 e. The third-order valence-electron chi connectivity index (χ3n) is 4.43. The lowest BCUT2D eigenvalue weighted by Crippen LogP contribution is -2.20. The fraction of sp³-hybridized carbons (Fsp3) is 0.316. The van der Waals surface area contributed by atoms with Gasteiger partial charge >= 0.3 is 0 Å². The highest BCUT2D eigenvalue weighted by Crippen LogP contribution is 2.24. The summed E-state index contributed by atoms with van der Waals surface area (Å²) in [6, 6.07) is 9.86. The van der Waals surface area contributed by atoms with Crippen LogP contribution in [0, 0.1) is 5.92 Å². The molecule has 3 aromatic rings. The molecule has 3 heterocycles. The Balaban J connectivity index is 1.38. The lowest BCUT2D eigenvalue weighted by atomic mass is 10.0. The molecule has 0 bridgehead atoms. The molecule has 1 amide bonds. The summed E-state index contributed by atoms with van der Waals surface area (Å²) in [5.74, 6) is 0.369. The van der Waals surface area contributed by atoms with Gasteiger partial charge in [0.15, 0.2) is 0 Å². The Labute approximate surface area is 155 Å². The van der Waals surface area contributed by atoms with Crippen LogP contribution in [0.15, 0.2) is 48.1 Å². The molecule has 6 nitrogen and oxygen atoms in total.